The highest BCUT2D eigenvalue weighted by Gasteiger charge is 2.18. The number of ether oxygens (including phenoxy) is 1. The molecule has 0 radical (unpaired) electrons. The molecular formula is C10H21NO3. The van der Waals surface area contributed by atoms with Crippen molar-refractivity contribution < 1.29 is 14.6 Å². The monoisotopic (exact) mass is 203 g/mol. The number of aliphatic hydroxyl groups is 1. The Bertz CT molecular complexity index is 169. The van der Waals surface area contributed by atoms with Crippen LogP contribution in [-0.2, 0) is 9.53 Å². The molecule has 0 aliphatic heterocycles. The molecule has 14 heavy (non-hydrogen) atoms. The average molecular weight is 203 g/mol. The van der Waals surface area contributed by atoms with Crippen LogP contribution in [0.15, 0.2) is 0 Å². The van der Waals surface area contributed by atoms with Gasteiger partial charge in [0, 0.05) is 6.54 Å². The van der Waals surface area contributed by atoms with Gasteiger partial charge in [-0.25, -0.2) is 0 Å². The van der Waals surface area contributed by atoms with E-state index in [4.69, 9.17) is 4.74 Å². The van der Waals surface area contributed by atoms with Crippen LogP contribution < -0.4 is 5.32 Å². The van der Waals surface area contributed by atoms with Crippen molar-refractivity contribution in [3.63, 3.8) is 0 Å². The third-order valence-corrected chi connectivity index (χ3v) is 1.87. The van der Waals surface area contributed by atoms with Crippen molar-refractivity contribution in [3.8, 4) is 0 Å². The zero-order valence-corrected chi connectivity index (χ0v) is 9.30. The molecule has 0 aromatic rings. The largest absolute Gasteiger partial charge is 0.465 e. The van der Waals surface area contributed by atoms with Gasteiger partial charge in [0.15, 0.2) is 0 Å². The molecule has 0 spiro atoms. The lowest BCUT2D eigenvalue weighted by Crippen LogP contribution is -2.40. The maximum absolute atomic E-state index is 10.9. The molecule has 0 saturated carbocycles. The van der Waals surface area contributed by atoms with E-state index in [2.05, 4.69) is 5.32 Å². The predicted molar refractivity (Wildman–Crippen MR) is 55.0 cm³/mol. The fourth-order valence-corrected chi connectivity index (χ4v) is 1.27. The van der Waals surface area contributed by atoms with Gasteiger partial charge in [-0.1, -0.05) is 13.3 Å². The van der Waals surface area contributed by atoms with E-state index in [-0.39, 0.29) is 12.5 Å². The SMILES string of the molecule is CCCC(C)(O)CNCC(=O)OCC. The molecule has 1 unspecified atom stereocenters. The Kier molecular flexibility index (Phi) is 6.49. The third-order valence-electron chi connectivity index (χ3n) is 1.87. The number of hydrogen-bond donors (Lipinski definition) is 2. The van der Waals surface area contributed by atoms with Crippen LogP contribution in [0.5, 0.6) is 0 Å². The maximum atomic E-state index is 10.9. The molecule has 0 fully saturated rings. The number of esters is 1. The molecule has 0 amide bonds. The molecule has 1 atom stereocenters. The van der Waals surface area contributed by atoms with Crippen LogP contribution in [0.25, 0.3) is 0 Å². The summed E-state index contributed by atoms with van der Waals surface area (Å²) >= 11 is 0. The first kappa shape index (κ1) is 13.4. The van der Waals surface area contributed by atoms with Crippen LogP contribution in [0.2, 0.25) is 0 Å². The average Bonchev–Trinajstić information content (AvgIpc) is 2.03. The van der Waals surface area contributed by atoms with E-state index >= 15 is 0 Å². The van der Waals surface area contributed by atoms with Crippen LogP contribution >= 0.6 is 0 Å². The number of rotatable bonds is 7. The maximum Gasteiger partial charge on any atom is 0.319 e. The Morgan fingerprint density at radius 1 is 1.50 bits per heavy atom. The summed E-state index contributed by atoms with van der Waals surface area (Å²) in [5.41, 5.74) is -0.735. The van der Waals surface area contributed by atoms with Gasteiger partial charge < -0.3 is 15.2 Å². The molecule has 0 saturated heterocycles. The minimum Gasteiger partial charge on any atom is -0.465 e. The van der Waals surface area contributed by atoms with E-state index in [0.717, 1.165) is 12.8 Å². The van der Waals surface area contributed by atoms with Gasteiger partial charge in [0.1, 0.15) is 0 Å². The summed E-state index contributed by atoms with van der Waals surface area (Å²) in [6, 6.07) is 0. The van der Waals surface area contributed by atoms with Gasteiger partial charge in [-0.3, -0.25) is 4.79 Å². The first-order chi connectivity index (χ1) is 6.52. The van der Waals surface area contributed by atoms with E-state index in [1.165, 1.54) is 0 Å². The molecule has 0 aliphatic rings. The van der Waals surface area contributed by atoms with Crippen molar-refractivity contribution in [1.29, 1.82) is 0 Å². The summed E-state index contributed by atoms with van der Waals surface area (Å²) in [5.74, 6) is -0.278. The van der Waals surface area contributed by atoms with Gasteiger partial charge in [-0.2, -0.15) is 0 Å². The molecule has 4 nitrogen and oxygen atoms in total. The van der Waals surface area contributed by atoms with E-state index in [0.29, 0.717) is 13.2 Å². The van der Waals surface area contributed by atoms with Crippen molar-refractivity contribution in [1.82, 2.24) is 5.32 Å². The summed E-state index contributed by atoms with van der Waals surface area (Å²) < 4.78 is 4.73. The molecule has 4 heteroatoms. The van der Waals surface area contributed by atoms with Crippen molar-refractivity contribution in [3.05, 3.63) is 0 Å². The van der Waals surface area contributed by atoms with Crippen LogP contribution in [0.3, 0.4) is 0 Å². The van der Waals surface area contributed by atoms with E-state index < -0.39 is 5.60 Å². The Hall–Kier alpha value is -0.610. The predicted octanol–water partition coefficient (Wildman–Crippen LogP) is 0.690. The molecule has 0 aromatic carbocycles. The fraction of sp³-hybridized carbons (Fsp3) is 0.900. The van der Waals surface area contributed by atoms with E-state index in [1.54, 1.807) is 13.8 Å². The Balaban J connectivity index is 3.57. The van der Waals surface area contributed by atoms with Crippen LogP contribution in [0.1, 0.15) is 33.6 Å². The van der Waals surface area contributed by atoms with Crippen molar-refractivity contribution in [2.24, 2.45) is 0 Å². The highest BCUT2D eigenvalue weighted by atomic mass is 16.5. The third kappa shape index (κ3) is 6.86. The minimum atomic E-state index is -0.735. The number of hydrogen-bond acceptors (Lipinski definition) is 4. The van der Waals surface area contributed by atoms with Crippen LogP contribution in [-0.4, -0.2) is 36.4 Å². The Labute approximate surface area is 85.6 Å². The zero-order chi connectivity index (χ0) is 11.0. The number of carbonyl (C=O) groups excluding carboxylic acids is 1. The quantitative estimate of drug-likeness (QED) is 0.598. The molecule has 84 valence electrons. The standard InChI is InChI=1S/C10H21NO3/c1-4-6-10(3,13)8-11-7-9(12)14-5-2/h11,13H,4-8H2,1-3H3. The summed E-state index contributed by atoms with van der Waals surface area (Å²) in [6.45, 7) is 6.51. The van der Waals surface area contributed by atoms with Gasteiger partial charge in [-0.15, -0.1) is 0 Å². The Morgan fingerprint density at radius 3 is 2.64 bits per heavy atom. The molecule has 0 bridgehead atoms. The van der Waals surface area contributed by atoms with Gasteiger partial charge in [0.05, 0.1) is 18.8 Å². The minimum absolute atomic E-state index is 0.160. The van der Waals surface area contributed by atoms with Gasteiger partial charge in [-0.05, 0) is 20.3 Å². The number of carbonyl (C=O) groups is 1. The zero-order valence-electron chi connectivity index (χ0n) is 9.30. The molecule has 0 aliphatic carbocycles. The lowest BCUT2D eigenvalue weighted by molar-refractivity contribution is -0.142. The smallest absolute Gasteiger partial charge is 0.319 e. The molecule has 2 N–H and O–H groups in total. The van der Waals surface area contributed by atoms with Crippen LogP contribution in [0, 0.1) is 0 Å². The first-order valence-electron chi connectivity index (χ1n) is 5.10. The lowest BCUT2D eigenvalue weighted by atomic mass is 10.0. The summed E-state index contributed by atoms with van der Waals surface area (Å²) in [4.78, 5) is 10.9. The topological polar surface area (TPSA) is 58.6 Å². The summed E-state index contributed by atoms with van der Waals surface area (Å²) in [5, 5.41) is 12.6. The molecule has 0 rings (SSSR count). The second-order valence-corrected chi connectivity index (χ2v) is 3.66. The Morgan fingerprint density at radius 2 is 2.14 bits per heavy atom. The normalized spacial score (nSPS) is 14.9. The molecular weight excluding hydrogens is 182 g/mol. The van der Waals surface area contributed by atoms with Gasteiger partial charge in [0.25, 0.3) is 0 Å². The van der Waals surface area contributed by atoms with E-state index in [9.17, 15) is 9.90 Å². The molecule has 0 aromatic heterocycles. The van der Waals surface area contributed by atoms with E-state index in [1.807, 2.05) is 6.92 Å². The van der Waals surface area contributed by atoms with Crippen molar-refractivity contribution in [2.75, 3.05) is 19.7 Å². The van der Waals surface area contributed by atoms with Crippen molar-refractivity contribution >= 4 is 5.97 Å². The number of nitrogens with one attached hydrogen (secondary N) is 1. The lowest BCUT2D eigenvalue weighted by Gasteiger charge is -2.22. The first-order valence-corrected chi connectivity index (χ1v) is 5.10. The van der Waals surface area contributed by atoms with Gasteiger partial charge in [0.2, 0.25) is 0 Å². The second kappa shape index (κ2) is 6.79. The summed E-state index contributed by atoms with van der Waals surface area (Å²) in [6.07, 6.45) is 1.65. The highest BCUT2D eigenvalue weighted by molar-refractivity contribution is 5.71. The second-order valence-electron chi connectivity index (χ2n) is 3.66. The van der Waals surface area contributed by atoms with Crippen LogP contribution in [0.4, 0.5) is 0 Å². The highest BCUT2D eigenvalue weighted by Crippen LogP contribution is 2.09. The summed E-state index contributed by atoms with van der Waals surface area (Å²) in [7, 11) is 0. The van der Waals surface area contributed by atoms with Crippen molar-refractivity contribution in [2.45, 2.75) is 39.2 Å². The fourth-order valence-electron chi connectivity index (χ4n) is 1.27. The van der Waals surface area contributed by atoms with Gasteiger partial charge >= 0.3 is 5.97 Å². The molecule has 0 heterocycles.